The molecule has 2 rings (SSSR count). The van der Waals surface area contributed by atoms with E-state index in [0.29, 0.717) is 24.3 Å². The minimum atomic E-state index is -0.137. The SMILES string of the molecule is Cl.NCCCNC(=O)c1cccc(NC(=O)C2CCCCC2)c1. The summed E-state index contributed by atoms with van der Waals surface area (Å²) in [5.41, 5.74) is 6.64. The highest BCUT2D eigenvalue weighted by atomic mass is 35.5. The van der Waals surface area contributed by atoms with Crippen molar-refractivity contribution in [2.75, 3.05) is 18.4 Å². The lowest BCUT2D eigenvalue weighted by Gasteiger charge is -2.20. The molecule has 5 nitrogen and oxygen atoms in total. The highest BCUT2D eigenvalue weighted by molar-refractivity contribution is 5.97. The van der Waals surface area contributed by atoms with E-state index in [-0.39, 0.29) is 30.1 Å². The van der Waals surface area contributed by atoms with Crippen LogP contribution in [0.15, 0.2) is 24.3 Å². The van der Waals surface area contributed by atoms with E-state index in [1.807, 2.05) is 6.07 Å². The van der Waals surface area contributed by atoms with Crippen molar-refractivity contribution in [3.63, 3.8) is 0 Å². The molecule has 0 atom stereocenters. The van der Waals surface area contributed by atoms with Gasteiger partial charge in [-0.15, -0.1) is 12.4 Å². The molecule has 128 valence electrons. The summed E-state index contributed by atoms with van der Waals surface area (Å²) in [5.74, 6) is 0.0402. The van der Waals surface area contributed by atoms with Gasteiger partial charge in [0.1, 0.15) is 0 Å². The predicted molar refractivity (Wildman–Crippen MR) is 94.9 cm³/mol. The van der Waals surface area contributed by atoms with Crippen LogP contribution in [0.2, 0.25) is 0 Å². The molecule has 1 aliphatic carbocycles. The molecule has 2 amide bonds. The summed E-state index contributed by atoms with van der Waals surface area (Å²) < 4.78 is 0. The van der Waals surface area contributed by atoms with Crippen molar-refractivity contribution >= 4 is 29.9 Å². The standard InChI is InChI=1S/C17H25N3O2.ClH/c18-10-5-11-19-16(21)14-8-4-9-15(12-14)20-17(22)13-6-2-1-3-7-13;/h4,8-9,12-13H,1-3,5-7,10-11,18H2,(H,19,21)(H,20,22);1H. The number of anilines is 1. The van der Waals surface area contributed by atoms with Crippen molar-refractivity contribution in [3.8, 4) is 0 Å². The molecule has 1 aromatic rings. The summed E-state index contributed by atoms with van der Waals surface area (Å²) in [7, 11) is 0. The van der Waals surface area contributed by atoms with Gasteiger partial charge >= 0.3 is 0 Å². The Morgan fingerprint density at radius 1 is 1.17 bits per heavy atom. The van der Waals surface area contributed by atoms with Crippen molar-refractivity contribution in [2.24, 2.45) is 11.7 Å². The molecule has 1 saturated carbocycles. The second-order valence-electron chi connectivity index (χ2n) is 5.80. The lowest BCUT2D eigenvalue weighted by atomic mass is 9.88. The van der Waals surface area contributed by atoms with E-state index < -0.39 is 0 Å². The Balaban J connectivity index is 0.00000264. The zero-order valence-electron chi connectivity index (χ0n) is 13.3. The number of hydrogen-bond acceptors (Lipinski definition) is 3. The van der Waals surface area contributed by atoms with Crippen LogP contribution in [-0.4, -0.2) is 24.9 Å². The van der Waals surface area contributed by atoms with Gasteiger partial charge in [-0.1, -0.05) is 25.3 Å². The Morgan fingerprint density at radius 3 is 2.61 bits per heavy atom. The van der Waals surface area contributed by atoms with E-state index >= 15 is 0 Å². The van der Waals surface area contributed by atoms with Gasteiger partial charge in [0, 0.05) is 23.7 Å². The molecular formula is C17H26ClN3O2. The van der Waals surface area contributed by atoms with Gasteiger partial charge in [0.15, 0.2) is 0 Å². The number of carbonyl (C=O) groups is 2. The molecule has 1 fully saturated rings. The molecule has 0 aromatic heterocycles. The zero-order chi connectivity index (χ0) is 15.8. The summed E-state index contributed by atoms with van der Waals surface area (Å²) in [5, 5.41) is 5.75. The van der Waals surface area contributed by atoms with Crippen LogP contribution in [-0.2, 0) is 4.79 Å². The first-order chi connectivity index (χ1) is 10.7. The van der Waals surface area contributed by atoms with Gasteiger partial charge in [0.05, 0.1) is 0 Å². The first kappa shape index (κ1) is 19.5. The Kier molecular flexibility index (Phi) is 8.66. The highest BCUT2D eigenvalue weighted by Gasteiger charge is 2.21. The smallest absolute Gasteiger partial charge is 0.251 e. The van der Waals surface area contributed by atoms with E-state index in [9.17, 15) is 9.59 Å². The van der Waals surface area contributed by atoms with Crippen LogP contribution in [0.5, 0.6) is 0 Å². The summed E-state index contributed by atoms with van der Waals surface area (Å²) in [4.78, 5) is 24.2. The van der Waals surface area contributed by atoms with E-state index in [1.165, 1.54) is 6.42 Å². The molecule has 0 saturated heterocycles. The highest BCUT2D eigenvalue weighted by Crippen LogP contribution is 2.25. The number of hydrogen-bond donors (Lipinski definition) is 3. The molecule has 0 bridgehead atoms. The minimum Gasteiger partial charge on any atom is -0.352 e. The van der Waals surface area contributed by atoms with E-state index in [2.05, 4.69) is 10.6 Å². The monoisotopic (exact) mass is 339 g/mol. The summed E-state index contributed by atoms with van der Waals surface area (Å²) >= 11 is 0. The Hall–Kier alpha value is -1.59. The second-order valence-corrected chi connectivity index (χ2v) is 5.80. The number of nitrogens with one attached hydrogen (secondary N) is 2. The number of amides is 2. The molecule has 23 heavy (non-hydrogen) atoms. The van der Waals surface area contributed by atoms with Crippen LogP contribution < -0.4 is 16.4 Å². The van der Waals surface area contributed by atoms with Crippen LogP contribution in [0, 0.1) is 5.92 Å². The third-order valence-electron chi connectivity index (χ3n) is 4.03. The Bertz CT molecular complexity index is 516. The van der Waals surface area contributed by atoms with E-state index in [0.717, 1.165) is 32.1 Å². The van der Waals surface area contributed by atoms with Gasteiger partial charge in [-0.25, -0.2) is 0 Å². The predicted octanol–water partition coefficient (Wildman–Crippen LogP) is 2.71. The zero-order valence-corrected chi connectivity index (χ0v) is 14.2. The fraction of sp³-hybridized carbons (Fsp3) is 0.529. The molecule has 4 N–H and O–H groups in total. The van der Waals surface area contributed by atoms with Gasteiger partial charge in [-0.3, -0.25) is 9.59 Å². The third kappa shape index (κ3) is 6.20. The molecular weight excluding hydrogens is 314 g/mol. The quantitative estimate of drug-likeness (QED) is 0.697. The fourth-order valence-electron chi connectivity index (χ4n) is 2.75. The minimum absolute atomic E-state index is 0. The largest absolute Gasteiger partial charge is 0.352 e. The molecule has 0 heterocycles. The van der Waals surface area contributed by atoms with Crippen LogP contribution in [0.1, 0.15) is 48.9 Å². The van der Waals surface area contributed by atoms with Crippen LogP contribution in [0.4, 0.5) is 5.69 Å². The number of halogens is 1. The molecule has 1 aliphatic rings. The summed E-state index contributed by atoms with van der Waals surface area (Å²) in [6, 6.07) is 7.07. The van der Waals surface area contributed by atoms with Gasteiger partial charge in [-0.2, -0.15) is 0 Å². The normalized spacial score (nSPS) is 14.7. The first-order valence-corrected chi connectivity index (χ1v) is 8.10. The third-order valence-corrected chi connectivity index (χ3v) is 4.03. The molecule has 0 radical (unpaired) electrons. The van der Waals surface area contributed by atoms with Crippen molar-refractivity contribution in [3.05, 3.63) is 29.8 Å². The average Bonchev–Trinajstić information content (AvgIpc) is 2.56. The van der Waals surface area contributed by atoms with E-state index in [4.69, 9.17) is 5.73 Å². The van der Waals surface area contributed by atoms with Gasteiger partial charge in [-0.05, 0) is 44.0 Å². The topological polar surface area (TPSA) is 84.2 Å². The van der Waals surface area contributed by atoms with Gasteiger partial charge in [0.2, 0.25) is 5.91 Å². The van der Waals surface area contributed by atoms with Crippen molar-refractivity contribution in [1.29, 1.82) is 0 Å². The van der Waals surface area contributed by atoms with Gasteiger partial charge in [0.25, 0.3) is 5.91 Å². The lowest BCUT2D eigenvalue weighted by molar-refractivity contribution is -0.120. The maximum absolute atomic E-state index is 12.2. The first-order valence-electron chi connectivity index (χ1n) is 8.10. The van der Waals surface area contributed by atoms with Crippen molar-refractivity contribution in [2.45, 2.75) is 38.5 Å². The van der Waals surface area contributed by atoms with E-state index in [1.54, 1.807) is 18.2 Å². The molecule has 0 unspecified atom stereocenters. The maximum atomic E-state index is 12.2. The number of rotatable bonds is 6. The summed E-state index contributed by atoms with van der Waals surface area (Å²) in [6.45, 7) is 1.12. The van der Waals surface area contributed by atoms with Crippen LogP contribution >= 0.6 is 12.4 Å². The number of benzene rings is 1. The fourth-order valence-corrected chi connectivity index (χ4v) is 2.75. The number of nitrogens with two attached hydrogens (primary N) is 1. The van der Waals surface area contributed by atoms with Crippen LogP contribution in [0.3, 0.4) is 0 Å². The van der Waals surface area contributed by atoms with Crippen LogP contribution in [0.25, 0.3) is 0 Å². The Labute approximate surface area is 143 Å². The second kappa shape index (κ2) is 10.2. The number of carbonyl (C=O) groups excluding carboxylic acids is 2. The van der Waals surface area contributed by atoms with Crippen molar-refractivity contribution < 1.29 is 9.59 Å². The summed E-state index contributed by atoms with van der Waals surface area (Å²) in [6.07, 6.45) is 6.16. The van der Waals surface area contributed by atoms with Gasteiger partial charge < -0.3 is 16.4 Å². The average molecular weight is 340 g/mol. The lowest BCUT2D eigenvalue weighted by Crippen LogP contribution is -2.27. The molecule has 6 heteroatoms. The molecule has 1 aromatic carbocycles. The maximum Gasteiger partial charge on any atom is 0.251 e. The Morgan fingerprint density at radius 2 is 1.91 bits per heavy atom. The van der Waals surface area contributed by atoms with Crippen molar-refractivity contribution in [1.82, 2.24) is 5.32 Å². The molecule has 0 spiro atoms. The molecule has 0 aliphatic heterocycles.